The summed E-state index contributed by atoms with van der Waals surface area (Å²) >= 11 is 1.70. The zero-order valence-electron chi connectivity index (χ0n) is 11.5. The second kappa shape index (κ2) is 5.52. The molecule has 2 heterocycles. The highest BCUT2D eigenvalue weighted by Crippen LogP contribution is 2.29. The number of piperazine rings is 1. The van der Waals surface area contributed by atoms with Crippen LogP contribution in [0.4, 0.5) is 0 Å². The summed E-state index contributed by atoms with van der Waals surface area (Å²) in [6, 6.07) is 7.54. The summed E-state index contributed by atoms with van der Waals surface area (Å²) in [5, 5.41) is 10.1. The monoisotopic (exact) mass is 290 g/mol. The number of hydrogen-bond acceptors (Lipinski definition) is 4. The van der Waals surface area contributed by atoms with Gasteiger partial charge in [0.1, 0.15) is 0 Å². The third kappa shape index (κ3) is 2.70. The zero-order chi connectivity index (χ0) is 14.1. The van der Waals surface area contributed by atoms with Crippen LogP contribution in [0, 0.1) is 0 Å². The molecule has 1 aliphatic rings. The van der Waals surface area contributed by atoms with Crippen LogP contribution in [0.15, 0.2) is 24.3 Å². The summed E-state index contributed by atoms with van der Waals surface area (Å²) in [7, 11) is 2.15. The normalized spacial score (nSPS) is 17.6. The van der Waals surface area contributed by atoms with Crippen LogP contribution in [0.5, 0.6) is 0 Å². The maximum Gasteiger partial charge on any atom is 0.336 e. The van der Waals surface area contributed by atoms with Gasteiger partial charge in [0, 0.05) is 47.7 Å². The molecule has 0 spiro atoms. The number of aromatic carboxylic acids is 1. The molecule has 0 radical (unpaired) electrons. The van der Waals surface area contributed by atoms with Gasteiger partial charge in [-0.1, -0.05) is 6.07 Å². The van der Waals surface area contributed by atoms with Crippen molar-refractivity contribution in [2.24, 2.45) is 0 Å². The summed E-state index contributed by atoms with van der Waals surface area (Å²) in [5.74, 6) is -0.848. The molecule has 3 rings (SSSR count). The highest BCUT2D eigenvalue weighted by molar-refractivity contribution is 7.19. The molecule has 1 fully saturated rings. The smallest absolute Gasteiger partial charge is 0.336 e. The van der Waals surface area contributed by atoms with Crippen LogP contribution in [0.1, 0.15) is 15.2 Å². The Morgan fingerprint density at radius 3 is 2.75 bits per heavy atom. The Labute approximate surface area is 122 Å². The molecule has 1 aliphatic heterocycles. The third-order valence-corrected chi connectivity index (χ3v) is 4.90. The molecule has 1 aromatic heterocycles. The van der Waals surface area contributed by atoms with Gasteiger partial charge in [0.25, 0.3) is 0 Å². The molecular formula is C15H18N2O2S. The molecule has 0 unspecified atom stereocenters. The van der Waals surface area contributed by atoms with Crippen molar-refractivity contribution in [3.05, 3.63) is 34.7 Å². The van der Waals surface area contributed by atoms with Gasteiger partial charge < -0.3 is 10.0 Å². The Hall–Kier alpha value is -1.43. The van der Waals surface area contributed by atoms with E-state index in [9.17, 15) is 9.90 Å². The van der Waals surface area contributed by atoms with Crippen molar-refractivity contribution in [1.82, 2.24) is 9.80 Å². The van der Waals surface area contributed by atoms with Crippen LogP contribution in [0.2, 0.25) is 0 Å². The van der Waals surface area contributed by atoms with E-state index in [1.165, 1.54) is 4.88 Å². The van der Waals surface area contributed by atoms with Crippen molar-refractivity contribution in [2.75, 3.05) is 33.2 Å². The molecule has 0 atom stereocenters. The van der Waals surface area contributed by atoms with Gasteiger partial charge in [-0.15, -0.1) is 11.3 Å². The highest BCUT2D eigenvalue weighted by atomic mass is 32.1. The minimum atomic E-state index is -0.848. The Morgan fingerprint density at radius 2 is 2.05 bits per heavy atom. The number of fused-ring (bicyclic) bond motifs is 1. The van der Waals surface area contributed by atoms with E-state index in [0.717, 1.165) is 42.8 Å². The van der Waals surface area contributed by atoms with E-state index in [1.807, 2.05) is 18.2 Å². The molecule has 1 aromatic carbocycles. The first kappa shape index (κ1) is 13.5. The second-order valence-corrected chi connectivity index (χ2v) is 6.48. The largest absolute Gasteiger partial charge is 0.478 e. The second-order valence-electron chi connectivity index (χ2n) is 5.31. The lowest BCUT2D eigenvalue weighted by Gasteiger charge is -2.31. The standard InChI is InChI=1S/C15H18N2O2S/c1-16-5-7-17(8-6-16)10-11-9-13-12(15(18)19)3-2-4-14(13)20-11/h2-4,9H,5-8,10H2,1H3,(H,18,19). The molecular weight excluding hydrogens is 272 g/mol. The maximum atomic E-state index is 11.2. The Kier molecular flexibility index (Phi) is 3.74. The van der Waals surface area contributed by atoms with Crippen molar-refractivity contribution < 1.29 is 9.90 Å². The molecule has 106 valence electrons. The fourth-order valence-corrected chi connectivity index (χ4v) is 3.74. The van der Waals surface area contributed by atoms with Crippen LogP contribution in [-0.4, -0.2) is 54.1 Å². The topological polar surface area (TPSA) is 43.8 Å². The molecule has 1 N–H and O–H groups in total. The van der Waals surface area contributed by atoms with Crippen LogP contribution in [0.25, 0.3) is 10.1 Å². The zero-order valence-corrected chi connectivity index (χ0v) is 12.3. The Morgan fingerprint density at radius 1 is 1.30 bits per heavy atom. The van der Waals surface area contributed by atoms with Crippen LogP contribution in [-0.2, 0) is 6.54 Å². The van der Waals surface area contributed by atoms with Crippen molar-refractivity contribution in [1.29, 1.82) is 0 Å². The molecule has 2 aromatic rings. The maximum absolute atomic E-state index is 11.2. The number of benzene rings is 1. The molecule has 20 heavy (non-hydrogen) atoms. The molecule has 0 saturated carbocycles. The van der Waals surface area contributed by atoms with E-state index in [1.54, 1.807) is 17.4 Å². The lowest BCUT2D eigenvalue weighted by atomic mass is 10.1. The summed E-state index contributed by atoms with van der Waals surface area (Å²) in [5.41, 5.74) is 0.406. The van der Waals surface area contributed by atoms with Gasteiger partial charge >= 0.3 is 5.97 Å². The summed E-state index contributed by atoms with van der Waals surface area (Å²) in [4.78, 5) is 17.3. The average Bonchev–Trinajstić information content (AvgIpc) is 2.83. The molecule has 5 heteroatoms. The minimum Gasteiger partial charge on any atom is -0.478 e. The summed E-state index contributed by atoms with van der Waals surface area (Å²) in [6.45, 7) is 5.29. The van der Waals surface area contributed by atoms with Crippen molar-refractivity contribution in [3.8, 4) is 0 Å². The van der Waals surface area contributed by atoms with Crippen LogP contribution >= 0.6 is 11.3 Å². The third-order valence-electron chi connectivity index (χ3n) is 3.82. The fourth-order valence-electron chi connectivity index (χ4n) is 2.60. The SMILES string of the molecule is CN1CCN(Cc2cc3c(C(=O)O)cccc3s2)CC1. The van der Waals surface area contributed by atoms with E-state index in [-0.39, 0.29) is 0 Å². The predicted molar refractivity (Wildman–Crippen MR) is 81.6 cm³/mol. The number of thiophene rings is 1. The summed E-state index contributed by atoms with van der Waals surface area (Å²) in [6.07, 6.45) is 0. The van der Waals surface area contributed by atoms with E-state index < -0.39 is 5.97 Å². The average molecular weight is 290 g/mol. The van der Waals surface area contributed by atoms with Crippen molar-refractivity contribution in [3.63, 3.8) is 0 Å². The first-order valence-electron chi connectivity index (χ1n) is 6.79. The van der Waals surface area contributed by atoms with Gasteiger partial charge in [-0.2, -0.15) is 0 Å². The van der Waals surface area contributed by atoms with E-state index >= 15 is 0 Å². The number of carboxylic acid groups (broad SMARTS) is 1. The lowest BCUT2D eigenvalue weighted by Crippen LogP contribution is -2.43. The number of likely N-dealkylation sites (N-methyl/N-ethyl adjacent to an activating group) is 1. The van der Waals surface area contributed by atoms with Gasteiger partial charge in [-0.05, 0) is 25.2 Å². The lowest BCUT2D eigenvalue weighted by molar-refractivity contribution is 0.0699. The Balaban J connectivity index is 1.82. The van der Waals surface area contributed by atoms with E-state index in [4.69, 9.17) is 0 Å². The molecule has 0 bridgehead atoms. The molecule has 0 amide bonds. The van der Waals surface area contributed by atoms with Crippen LogP contribution < -0.4 is 0 Å². The van der Waals surface area contributed by atoms with Crippen molar-refractivity contribution >= 4 is 27.4 Å². The van der Waals surface area contributed by atoms with E-state index in [0.29, 0.717) is 5.56 Å². The fraction of sp³-hybridized carbons (Fsp3) is 0.400. The number of carbonyl (C=O) groups is 1. The summed E-state index contributed by atoms with van der Waals surface area (Å²) < 4.78 is 1.06. The molecule has 1 saturated heterocycles. The molecule has 4 nitrogen and oxygen atoms in total. The first-order valence-corrected chi connectivity index (χ1v) is 7.61. The number of hydrogen-bond donors (Lipinski definition) is 1. The quantitative estimate of drug-likeness (QED) is 0.942. The minimum absolute atomic E-state index is 0.406. The number of nitrogens with zero attached hydrogens (tertiary/aromatic N) is 2. The van der Waals surface area contributed by atoms with Crippen molar-refractivity contribution in [2.45, 2.75) is 6.54 Å². The van der Waals surface area contributed by atoms with Crippen LogP contribution in [0.3, 0.4) is 0 Å². The van der Waals surface area contributed by atoms with Gasteiger partial charge in [0.15, 0.2) is 0 Å². The predicted octanol–water partition coefficient (Wildman–Crippen LogP) is 2.35. The van der Waals surface area contributed by atoms with Gasteiger partial charge in [0.2, 0.25) is 0 Å². The van der Waals surface area contributed by atoms with Gasteiger partial charge in [-0.25, -0.2) is 4.79 Å². The molecule has 0 aliphatic carbocycles. The highest BCUT2D eigenvalue weighted by Gasteiger charge is 2.16. The van der Waals surface area contributed by atoms with E-state index in [2.05, 4.69) is 16.8 Å². The number of rotatable bonds is 3. The van der Waals surface area contributed by atoms with Gasteiger partial charge in [-0.3, -0.25) is 4.90 Å². The number of carboxylic acids is 1. The first-order chi connectivity index (χ1) is 9.63. The van der Waals surface area contributed by atoms with Gasteiger partial charge in [0.05, 0.1) is 5.56 Å². The Bertz CT molecular complexity index is 630.